The molecule has 1 aliphatic carbocycles. The van der Waals surface area contributed by atoms with E-state index in [2.05, 4.69) is 9.88 Å². The normalized spacial score (nSPS) is 23.9. The molecule has 4 rings (SSSR count). The fourth-order valence-corrected chi connectivity index (χ4v) is 3.34. The summed E-state index contributed by atoms with van der Waals surface area (Å²) in [6.07, 6.45) is 4.24. The Morgan fingerprint density at radius 3 is 2.70 bits per heavy atom. The molecular formula is C17H18ClN3O2. The van der Waals surface area contributed by atoms with Crippen LogP contribution in [-0.2, 0) is 4.79 Å². The second-order valence-electron chi connectivity index (χ2n) is 6.11. The molecule has 3 heterocycles. The highest BCUT2D eigenvalue weighted by Crippen LogP contribution is 2.48. The standard InChI is InChI=1S/C17H18ClN3O2/c18-12-3-4-16(19-11-12)20-5-7-21(8-6-20)17(22)14-10-13(14)15-2-1-9-23-15/h1-4,9,11,13-14H,5-8,10H2. The van der Waals surface area contributed by atoms with E-state index in [1.54, 1.807) is 12.5 Å². The van der Waals surface area contributed by atoms with Crippen molar-refractivity contribution >= 4 is 23.3 Å². The molecule has 0 spiro atoms. The lowest BCUT2D eigenvalue weighted by atomic mass is 10.2. The highest BCUT2D eigenvalue weighted by molar-refractivity contribution is 6.30. The first-order valence-electron chi connectivity index (χ1n) is 7.91. The average Bonchev–Trinajstić information content (AvgIpc) is 3.20. The van der Waals surface area contributed by atoms with Crippen LogP contribution in [0, 0.1) is 5.92 Å². The van der Waals surface area contributed by atoms with E-state index >= 15 is 0 Å². The summed E-state index contributed by atoms with van der Waals surface area (Å²) in [7, 11) is 0. The van der Waals surface area contributed by atoms with Crippen molar-refractivity contribution in [3.63, 3.8) is 0 Å². The fourth-order valence-electron chi connectivity index (χ4n) is 3.23. The molecule has 2 unspecified atom stereocenters. The molecule has 2 aromatic heterocycles. The second-order valence-corrected chi connectivity index (χ2v) is 6.55. The Morgan fingerprint density at radius 2 is 2.04 bits per heavy atom. The first-order chi connectivity index (χ1) is 11.2. The predicted molar refractivity (Wildman–Crippen MR) is 87.6 cm³/mol. The topological polar surface area (TPSA) is 49.6 Å². The summed E-state index contributed by atoms with van der Waals surface area (Å²) in [6, 6.07) is 7.61. The number of pyridine rings is 1. The van der Waals surface area contributed by atoms with Crippen molar-refractivity contribution in [1.29, 1.82) is 0 Å². The SMILES string of the molecule is O=C(C1CC1c1ccco1)N1CCN(c2ccc(Cl)cn2)CC1. The van der Waals surface area contributed by atoms with Crippen molar-refractivity contribution in [2.75, 3.05) is 31.1 Å². The van der Waals surface area contributed by atoms with Crippen LogP contribution in [-0.4, -0.2) is 42.0 Å². The molecule has 1 saturated carbocycles. The minimum atomic E-state index is 0.0985. The van der Waals surface area contributed by atoms with E-state index in [4.69, 9.17) is 16.0 Å². The zero-order chi connectivity index (χ0) is 15.8. The summed E-state index contributed by atoms with van der Waals surface area (Å²) in [5.74, 6) is 2.48. The van der Waals surface area contributed by atoms with Crippen LogP contribution in [0.3, 0.4) is 0 Å². The largest absolute Gasteiger partial charge is 0.469 e. The first kappa shape index (κ1) is 14.6. The lowest BCUT2D eigenvalue weighted by Crippen LogP contribution is -2.49. The third-order valence-electron chi connectivity index (χ3n) is 4.64. The van der Waals surface area contributed by atoms with Gasteiger partial charge in [0.1, 0.15) is 11.6 Å². The van der Waals surface area contributed by atoms with Gasteiger partial charge in [0.05, 0.1) is 11.3 Å². The van der Waals surface area contributed by atoms with E-state index in [0.717, 1.165) is 44.2 Å². The molecule has 0 N–H and O–H groups in total. The van der Waals surface area contributed by atoms with Crippen LogP contribution < -0.4 is 4.90 Å². The lowest BCUT2D eigenvalue weighted by Gasteiger charge is -2.35. The molecule has 2 aliphatic rings. The number of nitrogens with zero attached hydrogens (tertiary/aromatic N) is 3. The smallest absolute Gasteiger partial charge is 0.226 e. The van der Waals surface area contributed by atoms with Crippen LogP contribution >= 0.6 is 11.6 Å². The third-order valence-corrected chi connectivity index (χ3v) is 4.87. The van der Waals surface area contributed by atoms with E-state index in [-0.39, 0.29) is 17.7 Å². The van der Waals surface area contributed by atoms with Crippen LogP contribution in [0.25, 0.3) is 0 Å². The summed E-state index contributed by atoms with van der Waals surface area (Å²) >= 11 is 5.87. The van der Waals surface area contributed by atoms with Crippen LogP contribution in [0.4, 0.5) is 5.82 Å². The van der Waals surface area contributed by atoms with E-state index in [9.17, 15) is 4.79 Å². The molecule has 2 fully saturated rings. The lowest BCUT2D eigenvalue weighted by molar-refractivity contribution is -0.133. The molecule has 1 amide bonds. The number of carbonyl (C=O) groups excluding carboxylic acids is 1. The molecule has 0 aromatic carbocycles. The van der Waals surface area contributed by atoms with Crippen molar-refractivity contribution in [3.8, 4) is 0 Å². The van der Waals surface area contributed by atoms with Crippen molar-refractivity contribution < 1.29 is 9.21 Å². The number of piperazine rings is 1. The number of rotatable bonds is 3. The van der Waals surface area contributed by atoms with E-state index < -0.39 is 0 Å². The van der Waals surface area contributed by atoms with Gasteiger partial charge >= 0.3 is 0 Å². The van der Waals surface area contributed by atoms with E-state index in [1.807, 2.05) is 29.2 Å². The molecule has 6 heteroatoms. The van der Waals surface area contributed by atoms with Gasteiger partial charge in [-0.05, 0) is 30.7 Å². The quantitative estimate of drug-likeness (QED) is 0.867. The van der Waals surface area contributed by atoms with Crippen LogP contribution in [0.1, 0.15) is 18.1 Å². The van der Waals surface area contributed by atoms with Gasteiger partial charge in [-0.25, -0.2) is 4.98 Å². The van der Waals surface area contributed by atoms with Gasteiger partial charge in [0.25, 0.3) is 0 Å². The molecule has 23 heavy (non-hydrogen) atoms. The molecule has 1 saturated heterocycles. The van der Waals surface area contributed by atoms with Crippen LogP contribution in [0.5, 0.6) is 0 Å². The Kier molecular flexibility index (Phi) is 3.73. The maximum atomic E-state index is 12.6. The van der Waals surface area contributed by atoms with Gasteiger partial charge in [0.15, 0.2) is 0 Å². The molecule has 5 nitrogen and oxygen atoms in total. The van der Waals surface area contributed by atoms with E-state index in [0.29, 0.717) is 5.02 Å². The Balaban J connectivity index is 1.33. The number of hydrogen-bond acceptors (Lipinski definition) is 4. The molecule has 120 valence electrons. The van der Waals surface area contributed by atoms with E-state index in [1.165, 1.54) is 0 Å². The van der Waals surface area contributed by atoms with Crippen LogP contribution in [0.2, 0.25) is 5.02 Å². The van der Waals surface area contributed by atoms with Crippen molar-refractivity contribution in [3.05, 3.63) is 47.5 Å². The zero-order valence-corrected chi connectivity index (χ0v) is 13.4. The highest BCUT2D eigenvalue weighted by atomic mass is 35.5. The number of aromatic nitrogens is 1. The van der Waals surface area contributed by atoms with Gasteiger partial charge in [0.2, 0.25) is 5.91 Å². The maximum Gasteiger partial charge on any atom is 0.226 e. The fraction of sp³-hybridized carbons (Fsp3) is 0.412. The zero-order valence-electron chi connectivity index (χ0n) is 12.7. The number of anilines is 1. The Morgan fingerprint density at radius 1 is 1.22 bits per heavy atom. The first-order valence-corrected chi connectivity index (χ1v) is 8.29. The number of furan rings is 1. The Bertz CT molecular complexity index is 678. The summed E-state index contributed by atoms with van der Waals surface area (Å²) in [5, 5.41) is 0.639. The summed E-state index contributed by atoms with van der Waals surface area (Å²) in [4.78, 5) is 21.1. The number of amides is 1. The van der Waals surface area contributed by atoms with Gasteiger partial charge < -0.3 is 14.2 Å². The number of carbonyl (C=O) groups is 1. The van der Waals surface area contributed by atoms with Gasteiger partial charge in [-0.1, -0.05) is 11.6 Å². The minimum absolute atomic E-state index is 0.0985. The summed E-state index contributed by atoms with van der Waals surface area (Å²) in [6.45, 7) is 3.09. The molecule has 1 aliphatic heterocycles. The Labute approximate surface area is 139 Å². The monoisotopic (exact) mass is 331 g/mol. The molecular weight excluding hydrogens is 314 g/mol. The predicted octanol–water partition coefficient (Wildman–Crippen LogP) is 2.78. The molecule has 2 aromatic rings. The van der Waals surface area contributed by atoms with Crippen LogP contribution in [0.15, 0.2) is 41.1 Å². The van der Waals surface area contributed by atoms with Gasteiger partial charge in [0, 0.05) is 44.2 Å². The van der Waals surface area contributed by atoms with Crippen molar-refractivity contribution in [2.24, 2.45) is 5.92 Å². The molecule has 0 radical (unpaired) electrons. The third kappa shape index (κ3) is 2.93. The molecule has 2 atom stereocenters. The summed E-state index contributed by atoms with van der Waals surface area (Å²) in [5.41, 5.74) is 0. The van der Waals surface area contributed by atoms with Gasteiger partial charge in [-0.2, -0.15) is 0 Å². The molecule has 0 bridgehead atoms. The number of hydrogen-bond donors (Lipinski definition) is 0. The minimum Gasteiger partial charge on any atom is -0.469 e. The summed E-state index contributed by atoms with van der Waals surface area (Å²) < 4.78 is 5.41. The highest BCUT2D eigenvalue weighted by Gasteiger charge is 2.47. The van der Waals surface area contributed by atoms with Gasteiger partial charge in [-0.15, -0.1) is 0 Å². The van der Waals surface area contributed by atoms with Crippen molar-refractivity contribution in [1.82, 2.24) is 9.88 Å². The number of halogens is 1. The maximum absolute atomic E-state index is 12.6. The Hall–Kier alpha value is -2.01. The van der Waals surface area contributed by atoms with Gasteiger partial charge in [-0.3, -0.25) is 4.79 Å². The van der Waals surface area contributed by atoms with Crippen molar-refractivity contribution in [2.45, 2.75) is 12.3 Å². The average molecular weight is 332 g/mol. The second kappa shape index (κ2) is 5.89.